The molecule has 0 saturated heterocycles. The van der Waals surface area contributed by atoms with Crippen molar-refractivity contribution >= 4 is 34.4 Å². The van der Waals surface area contributed by atoms with Crippen LogP contribution in [0.4, 0.5) is 0 Å². The highest BCUT2D eigenvalue weighted by molar-refractivity contribution is 7.12. The molecule has 0 atom stereocenters. The van der Waals surface area contributed by atoms with Crippen LogP contribution in [0.5, 0.6) is 0 Å². The van der Waals surface area contributed by atoms with Gasteiger partial charge in [0, 0.05) is 0 Å². The van der Waals surface area contributed by atoms with Crippen LogP contribution in [-0.4, -0.2) is 17.4 Å². The third-order valence-electron chi connectivity index (χ3n) is 2.71. The zero-order chi connectivity index (χ0) is 15.6. The molecule has 0 aliphatic heterocycles. The van der Waals surface area contributed by atoms with Gasteiger partial charge in [0.25, 0.3) is 0 Å². The van der Waals surface area contributed by atoms with Crippen LogP contribution in [0.3, 0.4) is 0 Å². The summed E-state index contributed by atoms with van der Waals surface area (Å²) in [5, 5.41) is 3.87. The van der Waals surface area contributed by atoms with Crippen LogP contribution in [0.25, 0.3) is 0 Å². The molecule has 0 aliphatic rings. The highest BCUT2D eigenvalue weighted by atomic mass is 32.1. The Morgan fingerprint density at radius 2 is 1.95 bits per heavy atom. The minimum absolute atomic E-state index is 0.0857. The Bertz CT molecular complexity index is 659. The molecule has 0 amide bonds. The number of hydrogen-bond donors (Lipinski definition) is 0. The van der Waals surface area contributed by atoms with Crippen molar-refractivity contribution < 1.29 is 14.3 Å². The summed E-state index contributed by atoms with van der Waals surface area (Å²) < 4.78 is 5.35. The van der Waals surface area contributed by atoms with Crippen LogP contribution in [0.15, 0.2) is 22.9 Å². The van der Waals surface area contributed by atoms with E-state index in [0.29, 0.717) is 11.3 Å². The van der Waals surface area contributed by atoms with Gasteiger partial charge in [-0.25, -0.2) is 4.79 Å². The summed E-state index contributed by atoms with van der Waals surface area (Å²) in [5.74, 6) is -0.210. The van der Waals surface area contributed by atoms with Crippen molar-refractivity contribution in [3.05, 3.63) is 43.8 Å². The number of carbonyl (C=O) groups is 2. The maximum atomic E-state index is 12.0. The summed E-state index contributed by atoms with van der Waals surface area (Å²) in [6.45, 7) is 7.13. The van der Waals surface area contributed by atoms with E-state index in [4.69, 9.17) is 4.74 Å². The highest BCUT2D eigenvalue weighted by Gasteiger charge is 2.19. The van der Waals surface area contributed by atoms with Crippen molar-refractivity contribution in [2.75, 3.05) is 0 Å². The maximum Gasteiger partial charge on any atom is 0.348 e. The lowest BCUT2D eigenvalue weighted by Crippen LogP contribution is -2.23. The molecule has 0 spiro atoms. The maximum absolute atomic E-state index is 12.0. The first-order valence-corrected chi connectivity index (χ1v) is 8.40. The van der Waals surface area contributed by atoms with Crippen LogP contribution in [-0.2, 0) is 11.2 Å². The van der Waals surface area contributed by atoms with Gasteiger partial charge in [-0.05, 0) is 68.1 Å². The van der Waals surface area contributed by atoms with Crippen LogP contribution in [0.1, 0.15) is 58.2 Å². The molecule has 2 heterocycles. The van der Waals surface area contributed by atoms with Gasteiger partial charge in [0.2, 0.25) is 0 Å². The zero-order valence-electron chi connectivity index (χ0n) is 12.6. The summed E-state index contributed by atoms with van der Waals surface area (Å²) in [6, 6.07) is 3.81. The number of rotatable bonds is 4. The van der Waals surface area contributed by atoms with Crippen molar-refractivity contribution in [2.45, 2.75) is 39.7 Å². The number of esters is 1. The number of carbonyl (C=O) groups excluding carboxylic acids is 2. The van der Waals surface area contributed by atoms with E-state index in [1.807, 2.05) is 43.7 Å². The van der Waals surface area contributed by atoms with E-state index in [2.05, 4.69) is 0 Å². The van der Waals surface area contributed by atoms with Crippen molar-refractivity contribution in [1.82, 2.24) is 0 Å². The quantitative estimate of drug-likeness (QED) is 0.612. The average Bonchev–Trinajstić information content (AvgIpc) is 2.96. The van der Waals surface area contributed by atoms with Crippen molar-refractivity contribution in [1.29, 1.82) is 0 Å². The van der Waals surface area contributed by atoms with E-state index in [0.717, 1.165) is 16.0 Å². The van der Waals surface area contributed by atoms with Gasteiger partial charge in [0.15, 0.2) is 5.78 Å². The van der Waals surface area contributed by atoms with Gasteiger partial charge in [-0.1, -0.05) is 0 Å². The third kappa shape index (κ3) is 4.25. The van der Waals surface area contributed by atoms with Gasteiger partial charge in [-0.3, -0.25) is 4.79 Å². The Morgan fingerprint density at radius 1 is 1.24 bits per heavy atom. The van der Waals surface area contributed by atoms with Crippen LogP contribution < -0.4 is 0 Å². The van der Waals surface area contributed by atoms with Gasteiger partial charge >= 0.3 is 5.97 Å². The summed E-state index contributed by atoms with van der Waals surface area (Å²) in [7, 11) is 0. The van der Waals surface area contributed by atoms with E-state index in [-0.39, 0.29) is 11.8 Å². The fourth-order valence-corrected chi connectivity index (χ4v) is 3.52. The van der Waals surface area contributed by atoms with Crippen molar-refractivity contribution in [3.8, 4) is 0 Å². The molecule has 112 valence electrons. The number of ether oxygens (including phenoxy) is 1. The molecule has 0 unspecified atom stereocenters. The molecular formula is C16H18O3S2. The Balaban J connectivity index is 2.12. The normalized spacial score (nSPS) is 11.4. The van der Waals surface area contributed by atoms with Crippen molar-refractivity contribution in [3.63, 3.8) is 0 Å². The molecule has 2 aromatic heterocycles. The Morgan fingerprint density at radius 3 is 2.57 bits per heavy atom. The van der Waals surface area contributed by atoms with E-state index in [1.54, 1.807) is 6.92 Å². The fraction of sp³-hybridized carbons (Fsp3) is 0.375. The lowest BCUT2D eigenvalue weighted by atomic mass is 10.1. The summed E-state index contributed by atoms with van der Waals surface area (Å²) in [6.07, 6.45) is 0.664. The second-order valence-electron chi connectivity index (χ2n) is 5.83. The van der Waals surface area contributed by atoms with E-state index >= 15 is 0 Å². The molecule has 2 rings (SSSR count). The first kappa shape index (κ1) is 15.9. The highest BCUT2D eigenvalue weighted by Crippen LogP contribution is 2.24. The second kappa shape index (κ2) is 6.12. The predicted molar refractivity (Wildman–Crippen MR) is 86.6 cm³/mol. The lowest BCUT2D eigenvalue weighted by Gasteiger charge is -2.18. The predicted octanol–water partition coefficient (Wildman–Crippen LogP) is 4.56. The molecule has 0 saturated carbocycles. The first-order chi connectivity index (χ1) is 9.76. The van der Waals surface area contributed by atoms with Crippen LogP contribution in [0, 0.1) is 0 Å². The van der Waals surface area contributed by atoms with E-state index < -0.39 is 5.60 Å². The molecule has 0 bridgehead atoms. The third-order valence-corrected chi connectivity index (χ3v) is 4.73. The number of ketones is 1. The number of Topliss-reactive ketones (excluding diaryl/α,β-unsaturated/α-hetero) is 1. The summed E-state index contributed by atoms with van der Waals surface area (Å²) >= 11 is 2.84. The Labute approximate surface area is 132 Å². The monoisotopic (exact) mass is 322 g/mol. The number of thiophene rings is 2. The van der Waals surface area contributed by atoms with Crippen molar-refractivity contribution in [2.24, 2.45) is 0 Å². The van der Waals surface area contributed by atoms with E-state index in [1.165, 1.54) is 22.7 Å². The fourth-order valence-electron chi connectivity index (χ4n) is 1.91. The smallest absolute Gasteiger partial charge is 0.348 e. The first-order valence-electron chi connectivity index (χ1n) is 6.64. The molecule has 5 heteroatoms. The van der Waals surface area contributed by atoms with Crippen LogP contribution >= 0.6 is 22.7 Å². The molecule has 0 aromatic carbocycles. The zero-order valence-corrected chi connectivity index (χ0v) is 14.2. The molecule has 0 radical (unpaired) electrons. The minimum Gasteiger partial charge on any atom is -0.456 e. The minimum atomic E-state index is -0.490. The summed E-state index contributed by atoms with van der Waals surface area (Å²) in [5.41, 5.74) is 1.55. The largest absolute Gasteiger partial charge is 0.456 e. The Hall–Kier alpha value is -1.46. The average molecular weight is 322 g/mol. The lowest BCUT2D eigenvalue weighted by molar-refractivity contribution is 0.00750. The molecule has 0 N–H and O–H groups in total. The van der Waals surface area contributed by atoms with Gasteiger partial charge < -0.3 is 4.74 Å². The molecule has 21 heavy (non-hydrogen) atoms. The van der Waals surface area contributed by atoms with E-state index in [9.17, 15) is 9.59 Å². The second-order valence-corrected chi connectivity index (χ2v) is 7.66. The van der Waals surface area contributed by atoms with Gasteiger partial charge in [-0.2, -0.15) is 0 Å². The van der Waals surface area contributed by atoms with Gasteiger partial charge in [0.1, 0.15) is 10.5 Å². The van der Waals surface area contributed by atoms with Gasteiger partial charge in [0.05, 0.1) is 4.88 Å². The van der Waals surface area contributed by atoms with Gasteiger partial charge in [-0.15, -0.1) is 22.7 Å². The standard InChI is InChI=1S/C16H18O3S2/c1-10(17)14-12(5-6-20-14)7-11-8-13(21-9-11)15(18)19-16(2,3)4/h5-6,8-9H,7H2,1-4H3. The van der Waals surface area contributed by atoms with Crippen LogP contribution in [0.2, 0.25) is 0 Å². The SMILES string of the molecule is CC(=O)c1sccc1Cc1csc(C(=O)OC(C)(C)C)c1. The Kier molecular flexibility index (Phi) is 4.64. The topological polar surface area (TPSA) is 43.4 Å². The molecule has 2 aromatic rings. The molecule has 0 fully saturated rings. The number of hydrogen-bond acceptors (Lipinski definition) is 5. The molecular weight excluding hydrogens is 304 g/mol. The summed E-state index contributed by atoms with van der Waals surface area (Å²) in [4.78, 5) is 24.9. The molecule has 0 aliphatic carbocycles. The molecule has 3 nitrogen and oxygen atoms in total.